The van der Waals surface area contributed by atoms with Crippen LogP contribution in [0.4, 0.5) is 0 Å². The Balaban J connectivity index is 1.75. The Hall–Kier alpha value is -3.47. The molecule has 0 N–H and O–H groups in total. The predicted molar refractivity (Wildman–Crippen MR) is 150 cm³/mol. The van der Waals surface area contributed by atoms with Crippen LogP contribution in [0.5, 0.6) is 5.75 Å². The summed E-state index contributed by atoms with van der Waals surface area (Å²) in [6, 6.07) is 9.84. The van der Waals surface area contributed by atoms with E-state index in [0.29, 0.717) is 47.2 Å². The lowest BCUT2D eigenvalue weighted by Gasteiger charge is -2.35. The molecule has 7 nitrogen and oxygen atoms in total. The summed E-state index contributed by atoms with van der Waals surface area (Å²) >= 11 is 6.63. The molecule has 8 heteroatoms. The van der Waals surface area contributed by atoms with E-state index in [9.17, 15) is 10.1 Å². The van der Waals surface area contributed by atoms with Gasteiger partial charge in [-0.2, -0.15) is 5.26 Å². The number of pyridine rings is 2. The molecule has 3 aromatic rings. The van der Waals surface area contributed by atoms with Gasteiger partial charge in [-0.1, -0.05) is 24.6 Å². The quantitative estimate of drug-likeness (QED) is 0.356. The summed E-state index contributed by atoms with van der Waals surface area (Å²) in [6.45, 7) is 10.8. The Morgan fingerprint density at radius 1 is 1.16 bits per heavy atom. The van der Waals surface area contributed by atoms with E-state index in [1.165, 1.54) is 6.20 Å². The van der Waals surface area contributed by atoms with E-state index in [4.69, 9.17) is 16.3 Å². The molecule has 1 atom stereocenters. The van der Waals surface area contributed by atoms with Crippen molar-refractivity contribution in [2.24, 2.45) is 0 Å². The van der Waals surface area contributed by atoms with Crippen LogP contribution in [-0.4, -0.2) is 59.0 Å². The maximum Gasteiger partial charge on any atom is 0.254 e. The third-order valence-electron chi connectivity index (χ3n) is 7.21. The molecule has 198 valence electrons. The summed E-state index contributed by atoms with van der Waals surface area (Å²) in [5.41, 5.74) is 6.69. The molecule has 1 unspecified atom stereocenters. The van der Waals surface area contributed by atoms with E-state index in [1.54, 1.807) is 12.3 Å². The topological polar surface area (TPSA) is 82.3 Å². The number of rotatable bonds is 9. The molecule has 0 saturated carbocycles. The molecule has 0 bridgehead atoms. The fraction of sp³-hybridized carbons (Fsp3) is 0.400. The van der Waals surface area contributed by atoms with E-state index >= 15 is 0 Å². The molecule has 2 aromatic heterocycles. The zero-order chi connectivity index (χ0) is 27.4. The minimum absolute atomic E-state index is 0.0308. The first kappa shape index (κ1) is 27.6. The summed E-state index contributed by atoms with van der Waals surface area (Å²) in [5, 5.41) is 9.98. The number of nitrogens with zero attached hydrogens (tertiary/aromatic N) is 5. The Bertz CT molecular complexity index is 1380. The van der Waals surface area contributed by atoms with Crippen LogP contribution in [0.1, 0.15) is 65.2 Å². The van der Waals surface area contributed by atoms with Crippen molar-refractivity contribution >= 4 is 17.5 Å². The summed E-state index contributed by atoms with van der Waals surface area (Å²) in [7, 11) is 2.10. The van der Waals surface area contributed by atoms with Crippen molar-refractivity contribution in [3.63, 3.8) is 0 Å². The highest BCUT2D eigenvalue weighted by Crippen LogP contribution is 2.38. The number of carbonyl (C=O) groups excluding carboxylic acids is 1. The molecule has 0 fully saturated rings. The number of aryl methyl sites for hydroxylation is 1. The van der Waals surface area contributed by atoms with Gasteiger partial charge in [0.1, 0.15) is 17.4 Å². The number of hydrogen-bond donors (Lipinski definition) is 0. The van der Waals surface area contributed by atoms with E-state index in [2.05, 4.69) is 41.0 Å². The average molecular weight is 532 g/mol. The Labute approximate surface area is 230 Å². The van der Waals surface area contributed by atoms with Crippen molar-refractivity contribution < 1.29 is 9.53 Å². The smallest absolute Gasteiger partial charge is 0.254 e. The van der Waals surface area contributed by atoms with Crippen LogP contribution < -0.4 is 4.74 Å². The van der Waals surface area contributed by atoms with Crippen LogP contribution >= 0.6 is 11.6 Å². The average Bonchev–Trinajstić information content (AvgIpc) is 2.92. The number of likely N-dealkylation sites (N-methyl/N-ethyl adjacent to an activating group) is 1. The molecule has 3 heterocycles. The summed E-state index contributed by atoms with van der Waals surface area (Å²) in [4.78, 5) is 26.9. The maximum absolute atomic E-state index is 14.0. The molecule has 1 aromatic carbocycles. The van der Waals surface area contributed by atoms with Gasteiger partial charge in [-0.3, -0.25) is 14.8 Å². The van der Waals surface area contributed by atoms with E-state index in [0.717, 1.165) is 47.5 Å². The number of aromatic nitrogens is 2. The first-order chi connectivity index (χ1) is 18.3. The first-order valence-electron chi connectivity index (χ1n) is 13.1. The molecular formula is C30H34ClN5O2. The van der Waals surface area contributed by atoms with E-state index < -0.39 is 0 Å². The second-order valence-electron chi connectivity index (χ2n) is 9.70. The Kier molecular flexibility index (Phi) is 8.65. The highest BCUT2D eigenvalue weighted by molar-refractivity contribution is 6.33. The Morgan fingerprint density at radius 3 is 2.63 bits per heavy atom. The highest BCUT2D eigenvalue weighted by Gasteiger charge is 2.32. The number of benzene rings is 1. The molecule has 0 saturated heterocycles. The lowest BCUT2D eigenvalue weighted by molar-refractivity contribution is 0.0669. The zero-order valence-electron chi connectivity index (χ0n) is 22.7. The minimum Gasteiger partial charge on any atom is -0.492 e. The number of carbonyl (C=O) groups is 1. The van der Waals surface area contributed by atoms with E-state index in [1.807, 2.05) is 37.8 Å². The predicted octanol–water partition coefficient (Wildman–Crippen LogP) is 5.63. The molecule has 38 heavy (non-hydrogen) atoms. The number of fused-ring (bicyclic) bond motifs is 1. The number of hydrogen-bond acceptors (Lipinski definition) is 6. The largest absolute Gasteiger partial charge is 0.492 e. The standard InChI is InChI=1S/C30H34ClN5O2/c1-6-35(5)10-8-21-13-24(25-12-19(3)33-18-27(25)31)23-9-11-36(30(37)26(23)14-21)20(4)28-15-29(38-7-2)22(16-32)17-34-28/h12-15,17-18,20H,6-11H2,1-5H3. The molecule has 1 aliphatic heterocycles. The van der Waals surface area contributed by atoms with Gasteiger partial charge >= 0.3 is 0 Å². The molecular weight excluding hydrogens is 498 g/mol. The fourth-order valence-corrected chi connectivity index (χ4v) is 5.07. The van der Waals surface area contributed by atoms with Gasteiger partial charge in [-0.15, -0.1) is 0 Å². The summed E-state index contributed by atoms with van der Waals surface area (Å²) < 4.78 is 5.66. The van der Waals surface area contributed by atoms with Crippen molar-refractivity contribution in [1.29, 1.82) is 5.26 Å². The monoisotopic (exact) mass is 531 g/mol. The second-order valence-corrected chi connectivity index (χ2v) is 10.1. The summed E-state index contributed by atoms with van der Waals surface area (Å²) in [6.07, 6.45) is 4.72. The van der Waals surface area contributed by atoms with Crippen LogP contribution in [0, 0.1) is 18.3 Å². The van der Waals surface area contributed by atoms with Crippen LogP contribution in [-0.2, 0) is 12.8 Å². The van der Waals surface area contributed by atoms with Gasteiger partial charge in [-0.25, -0.2) is 0 Å². The molecule has 4 rings (SSSR count). The minimum atomic E-state index is -0.285. The lowest BCUT2D eigenvalue weighted by Crippen LogP contribution is -2.40. The van der Waals surface area contributed by atoms with Crippen molar-refractivity contribution in [1.82, 2.24) is 19.8 Å². The fourth-order valence-electron chi connectivity index (χ4n) is 4.86. The molecule has 1 aliphatic rings. The van der Waals surface area contributed by atoms with Gasteiger partial charge in [-0.05, 0) is 76.0 Å². The van der Waals surface area contributed by atoms with Gasteiger partial charge in [0.05, 0.1) is 23.4 Å². The van der Waals surface area contributed by atoms with Gasteiger partial charge in [0.15, 0.2) is 0 Å². The molecule has 1 amide bonds. The van der Waals surface area contributed by atoms with Crippen LogP contribution in [0.2, 0.25) is 5.02 Å². The number of amides is 1. The zero-order valence-corrected chi connectivity index (χ0v) is 23.5. The van der Waals surface area contributed by atoms with Gasteiger partial charge < -0.3 is 14.5 Å². The van der Waals surface area contributed by atoms with Crippen molar-refractivity contribution in [3.05, 3.63) is 75.3 Å². The van der Waals surface area contributed by atoms with Crippen LogP contribution in [0.3, 0.4) is 0 Å². The van der Waals surface area contributed by atoms with Crippen LogP contribution in [0.15, 0.2) is 36.7 Å². The molecule has 0 spiro atoms. The maximum atomic E-state index is 14.0. The van der Waals surface area contributed by atoms with Gasteiger partial charge in [0.2, 0.25) is 0 Å². The van der Waals surface area contributed by atoms with Crippen molar-refractivity contribution in [2.75, 3.05) is 33.3 Å². The molecule has 0 aliphatic carbocycles. The highest BCUT2D eigenvalue weighted by atomic mass is 35.5. The van der Waals surface area contributed by atoms with Crippen LogP contribution in [0.25, 0.3) is 11.1 Å². The third-order valence-corrected chi connectivity index (χ3v) is 7.51. The Morgan fingerprint density at radius 2 is 1.92 bits per heavy atom. The summed E-state index contributed by atoms with van der Waals surface area (Å²) in [5.74, 6) is 0.459. The second kappa shape index (κ2) is 11.9. The lowest BCUT2D eigenvalue weighted by atomic mass is 9.87. The molecule has 0 radical (unpaired) electrons. The van der Waals surface area contributed by atoms with Crippen molar-refractivity contribution in [3.8, 4) is 22.9 Å². The van der Waals surface area contributed by atoms with Gasteiger partial charge in [0.25, 0.3) is 5.91 Å². The number of ether oxygens (including phenoxy) is 1. The van der Waals surface area contributed by atoms with Gasteiger partial charge in [0, 0.05) is 48.4 Å². The number of nitriles is 1. The normalized spacial score (nSPS) is 13.8. The number of halogens is 1. The first-order valence-corrected chi connectivity index (χ1v) is 13.5. The SMILES string of the molecule is CCOc1cc(C(C)N2CCc3c(cc(CCN(C)CC)cc3-c3cc(C)ncc3Cl)C2=O)ncc1C#N. The third kappa shape index (κ3) is 5.67. The van der Waals surface area contributed by atoms with Crippen molar-refractivity contribution in [2.45, 2.75) is 46.6 Å². The van der Waals surface area contributed by atoms with E-state index in [-0.39, 0.29) is 11.9 Å².